The summed E-state index contributed by atoms with van der Waals surface area (Å²) in [6.07, 6.45) is 7.03. The molecule has 1 heterocycles. The lowest BCUT2D eigenvalue weighted by Crippen LogP contribution is -2.40. The first-order chi connectivity index (χ1) is 14.0. The highest BCUT2D eigenvalue weighted by molar-refractivity contribution is 6.22. The Morgan fingerprint density at radius 1 is 1.00 bits per heavy atom. The number of carbonyl (C=O) groups excluding carboxylic acids is 3. The van der Waals surface area contributed by atoms with Crippen molar-refractivity contribution >= 4 is 29.5 Å². The molecule has 0 unspecified atom stereocenters. The summed E-state index contributed by atoms with van der Waals surface area (Å²) in [6, 6.07) is 4.35. The molecule has 1 fully saturated rings. The summed E-state index contributed by atoms with van der Waals surface area (Å²) < 4.78 is 0. The van der Waals surface area contributed by atoms with Crippen LogP contribution in [0.5, 0.6) is 0 Å². The highest BCUT2D eigenvalue weighted by Crippen LogP contribution is 2.32. The van der Waals surface area contributed by atoms with E-state index >= 15 is 0 Å². The number of hydrogen-bond acceptors (Lipinski definition) is 4. The maximum absolute atomic E-state index is 12.8. The van der Waals surface area contributed by atoms with Gasteiger partial charge in [0.25, 0.3) is 11.8 Å². The minimum Gasteiger partial charge on any atom is -0.481 e. The third-order valence-electron chi connectivity index (χ3n) is 5.47. The number of imide groups is 1. The maximum Gasteiger partial charge on any atom is 0.319 e. The second-order valence-electron chi connectivity index (χ2n) is 7.62. The number of anilines is 1. The van der Waals surface area contributed by atoms with Crippen molar-refractivity contribution in [2.45, 2.75) is 63.8 Å². The predicted octanol–water partition coefficient (Wildman–Crippen LogP) is 3.38. The number of hydrogen-bond donors (Lipinski definition) is 3. The number of carboxylic acids is 1. The Bertz CT molecular complexity index is 802. The number of carbonyl (C=O) groups is 4. The lowest BCUT2D eigenvalue weighted by molar-refractivity contribution is -0.137. The third kappa shape index (κ3) is 5.13. The fraction of sp³-hybridized carbons (Fsp3) is 0.524. The van der Waals surface area contributed by atoms with Crippen molar-refractivity contribution in [1.82, 2.24) is 10.2 Å². The molecule has 2 aliphatic rings. The second kappa shape index (κ2) is 9.54. The van der Waals surface area contributed by atoms with Crippen LogP contribution in [0.25, 0.3) is 0 Å². The van der Waals surface area contributed by atoms with Gasteiger partial charge in [-0.25, -0.2) is 4.79 Å². The summed E-state index contributed by atoms with van der Waals surface area (Å²) in [4.78, 5) is 49.4. The van der Waals surface area contributed by atoms with Gasteiger partial charge in [0.2, 0.25) is 0 Å². The average Bonchev–Trinajstić information content (AvgIpc) is 2.95. The molecule has 0 spiro atoms. The van der Waals surface area contributed by atoms with E-state index in [2.05, 4.69) is 10.6 Å². The Morgan fingerprint density at radius 2 is 1.72 bits per heavy atom. The Kier molecular flexibility index (Phi) is 6.85. The molecule has 3 N–H and O–H groups in total. The van der Waals surface area contributed by atoms with Crippen LogP contribution in [0.3, 0.4) is 0 Å². The molecule has 0 atom stereocenters. The number of urea groups is 1. The molecule has 3 rings (SSSR count). The summed E-state index contributed by atoms with van der Waals surface area (Å²) in [7, 11) is 0. The van der Waals surface area contributed by atoms with E-state index < -0.39 is 12.0 Å². The first-order valence-electron chi connectivity index (χ1n) is 10.3. The molecule has 0 radical (unpaired) electrons. The van der Waals surface area contributed by atoms with E-state index in [1.807, 2.05) is 0 Å². The molecule has 1 aliphatic heterocycles. The number of nitrogens with zero attached hydrogens (tertiary/aromatic N) is 1. The van der Waals surface area contributed by atoms with E-state index in [4.69, 9.17) is 5.11 Å². The molecule has 1 aromatic rings. The number of amides is 4. The minimum absolute atomic E-state index is 0.0306. The summed E-state index contributed by atoms with van der Waals surface area (Å²) in [5.41, 5.74) is 1.19. The fourth-order valence-corrected chi connectivity index (χ4v) is 3.96. The maximum atomic E-state index is 12.8. The molecular weight excluding hydrogens is 374 g/mol. The molecule has 29 heavy (non-hydrogen) atoms. The summed E-state index contributed by atoms with van der Waals surface area (Å²) in [6.45, 7) is 0.434. The zero-order chi connectivity index (χ0) is 20.8. The van der Waals surface area contributed by atoms with Crippen molar-refractivity contribution in [2.75, 3.05) is 11.9 Å². The monoisotopic (exact) mass is 401 g/mol. The normalized spacial score (nSPS) is 16.6. The molecule has 1 aliphatic carbocycles. The molecule has 0 aromatic heterocycles. The first kappa shape index (κ1) is 20.8. The van der Waals surface area contributed by atoms with Gasteiger partial charge in [0.1, 0.15) is 0 Å². The van der Waals surface area contributed by atoms with Gasteiger partial charge in [-0.05, 0) is 43.9 Å². The lowest BCUT2D eigenvalue weighted by Gasteiger charge is -2.29. The Balaban J connectivity index is 1.53. The van der Waals surface area contributed by atoms with Gasteiger partial charge in [-0.2, -0.15) is 0 Å². The SMILES string of the molecule is O=C(O)CCCCCNC(=O)Nc1ccc2c(c1)C(=O)N(C1CCCCC1)C2=O. The highest BCUT2D eigenvalue weighted by atomic mass is 16.4. The summed E-state index contributed by atoms with van der Waals surface area (Å²) in [5.74, 6) is -1.34. The number of rotatable bonds is 8. The number of benzene rings is 1. The molecule has 8 nitrogen and oxygen atoms in total. The predicted molar refractivity (Wildman–Crippen MR) is 107 cm³/mol. The first-order valence-corrected chi connectivity index (χ1v) is 10.3. The van der Waals surface area contributed by atoms with Gasteiger partial charge >= 0.3 is 12.0 Å². The Labute approximate surface area is 169 Å². The average molecular weight is 401 g/mol. The van der Waals surface area contributed by atoms with Crippen LogP contribution in [0.4, 0.5) is 10.5 Å². The lowest BCUT2D eigenvalue weighted by atomic mass is 9.94. The van der Waals surface area contributed by atoms with Crippen molar-refractivity contribution in [3.8, 4) is 0 Å². The smallest absolute Gasteiger partial charge is 0.319 e. The van der Waals surface area contributed by atoms with Crippen LogP contribution >= 0.6 is 0 Å². The second-order valence-corrected chi connectivity index (χ2v) is 7.62. The van der Waals surface area contributed by atoms with Crippen LogP contribution in [0.15, 0.2) is 18.2 Å². The molecular formula is C21H27N3O5. The van der Waals surface area contributed by atoms with E-state index in [0.717, 1.165) is 38.5 Å². The van der Waals surface area contributed by atoms with Gasteiger partial charge in [-0.1, -0.05) is 25.7 Å². The minimum atomic E-state index is -0.817. The van der Waals surface area contributed by atoms with Crippen LogP contribution in [-0.2, 0) is 4.79 Å². The summed E-state index contributed by atoms with van der Waals surface area (Å²) in [5, 5.41) is 14.0. The van der Waals surface area contributed by atoms with Crippen LogP contribution in [-0.4, -0.2) is 46.4 Å². The molecule has 1 aromatic carbocycles. The quantitative estimate of drug-likeness (QED) is 0.456. The van der Waals surface area contributed by atoms with E-state index in [0.29, 0.717) is 36.2 Å². The Hall–Kier alpha value is -2.90. The zero-order valence-corrected chi connectivity index (χ0v) is 16.4. The van der Waals surface area contributed by atoms with E-state index in [-0.39, 0.29) is 24.3 Å². The number of carboxylic acid groups (broad SMARTS) is 1. The Morgan fingerprint density at radius 3 is 2.45 bits per heavy atom. The number of fused-ring (bicyclic) bond motifs is 1. The van der Waals surface area contributed by atoms with Crippen molar-refractivity contribution in [2.24, 2.45) is 0 Å². The number of aliphatic carboxylic acids is 1. The van der Waals surface area contributed by atoms with Crippen LogP contribution in [0.1, 0.15) is 78.5 Å². The standard InChI is InChI=1S/C21H27N3O5/c25-18(26)9-5-2-6-12-22-21(29)23-14-10-11-16-17(13-14)20(28)24(19(16)27)15-7-3-1-4-8-15/h10-11,13,15H,1-9,12H2,(H,25,26)(H2,22,23,29). The van der Waals surface area contributed by atoms with E-state index in [9.17, 15) is 19.2 Å². The number of unbranched alkanes of at least 4 members (excludes halogenated alkanes) is 2. The van der Waals surface area contributed by atoms with E-state index in [1.165, 1.54) is 4.90 Å². The molecule has 0 bridgehead atoms. The van der Waals surface area contributed by atoms with Gasteiger partial charge in [-0.15, -0.1) is 0 Å². The van der Waals surface area contributed by atoms with Crippen LogP contribution in [0.2, 0.25) is 0 Å². The van der Waals surface area contributed by atoms with Crippen molar-refractivity contribution < 1.29 is 24.3 Å². The largest absolute Gasteiger partial charge is 0.481 e. The third-order valence-corrected chi connectivity index (χ3v) is 5.47. The number of nitrogens with one attached hydrogen (secondary N) is 2. The molecule has 0 saturated heterocycles. The topological polar surface area (TPSA) is 116 Å². The van der Waals surface area contributed by atoms with E-state index in [1.54, 1.807) is 18.2 Å². The van der Waals surface area contributed by atoms with Crippen molar-refractivity contribution in [1.29, 1.82) is 0 Å². The van der Waals surface area contributed by atoms with Gasteiger partial charge in [0.05, 0.1) is 11.1 Å². The van der Waals surface area contributed by atoms with Crippen LogP contribution < -0.4 is 10.6 Å². The van der Waals surface area contributed by atoms with Crippen LogP contribution in [0, 0.1) is 0 Å². The van der Waals surface area contributed by atoms with Crippen molar-refractivity contribution in [3.05, 3.63) is 29.3 Å². The molecule has 8 heteroatoms. The fourth-order valence-electron chi connectivity index (χ4n) is 3.96. The highest BCUT2D eigenvalue weighted by Gasteiger charge is 2.40. The van der Waals surface area contributed by atoms with Gasteiger partial charge in [0, 0.05) is 24.7 Å². The van der Waals surface area contributed by atoms with Gasteiger partial charge in [-0.3, -0.25) is 19.3 Å². The molecule has 4 amide bonds. The van der Waals surface area contributed by atoms with Gasteiger partial charge in [0.15, 0.2) is 0 Å². The molecule has 1 saturated carbocycles. The van der Waals surface area contributed by atoms with Gasteiger partial charge < -0.3 is 15.7 Å². The zero-order valence-electron chi connectivity index (χ0n) is 16.4. The van der Waals surface area contributed by atoms with Crippen molar-refractivity contribution in [3.63, 3.8) is 0 Å². The molecule has 156 valence electrons. The summed E-state index contributed by atoms with van der Waals surface area (Å²) >= 11 is 0.